The lowest BCUT2D eigenvalue weighted by atomic mass is 10.1. The fourth-order valence-electron chi connectivity index (χ4n) is 3.21. The summed E-state index contributed by atoms with van der Waals surface area (Å²) in [6.45, 7) is 12.8. The van der Waals surface area contributed by atoms with Crippen LogP contribution in [0.4, 0.5) is 5.00 Å². The van der Waals surface area contributed by atoms with Crippen LogP contribution in [0.15, 0.2) is 12.1 Å². The van der Waals surface area contributed by atoms with Gasteiger partial charge in [0.25, 0.3) is 5.91 Å². The zero-order chi connectivity index (χ0) is 23.0. The van der Waals surface area contributed by atoms with Gasteiger partial charge in [-0.05, 0) is 58.7 Å². The Kier molecular flexibility index (Phi) is 9.18. The van der Waals surface area contributed by atoms with Crippen LogP contribution >= 0.6 is 11.3 Å². The van der Waals surface area contributed by atoms with E-state index in [4.69, 9.17) is 18.9 Å². The van der Waals surface area contributed by atoms with Crippen molar-refractivity contribution in [2.75, 3.05) is 31.7 Å². The van der Waals surface area contributed by atoms with Crippen molar-refractivity contribution in [2.45, 2.75) is 48.0 Å². The number of hydrogen-bond donors (Lipinski definition) is 1. The summed E-state index contributed by atoms with van der Waals surface area (Å²) in [6.07, 6.45) is 0.665. The van der Waals surface area contributed by atoms with E-state index in [0.717, 1.165) is 10.4 Å². The van der Waals surface area contributed by atoms with Gasteiger partial charge in [-0.25, -0.2) is 4.79 Å². The average molecular weight is 450 g/mol. The van der Waals surface area contributed by atoms with Gasteiger partial charge in [-0.1, -0.05) is 6.92 Å². The van der Waals surface area contributed by atoms with Gasteiger partial charge in [0.2, 0.25) is 5.75 Å². The van der Waals surface area contributed by atoms with Crippen LogP contribution in [0.5, 0.6) is 17.2 Å². The molecule has 1 aromatic carbocycles. The molecule has 0 aliphatic heterocycles. The molecule has 31 heavy (non-hydrogen) atoms. The summed E-state index contributed by atoms with van der Waals surface area (Å²) >= 11 is 1.36. The number of thiophene rings is 1. The Labute approximate surface area is 187 Å². The highest BCUT2D eigenvalue weighted by Gasteiger charge is 2.25. The number of rotatable bonds is 11. The van der Waals surface area contributed by atoms with Crippen molar-refractivity contribution in [3.8, 4) is 17.2 Å². The second-order valence-corrected chi connectivity index (χ2v) is 7.69. The SMILES string of the molecule is CCOC(=O)c1c(NC(=O)c2cc(OCC)c(OCC)c(OCC)c2)sc(C)c1CC. The number of carbonyl (C=O) groups excluding carboxylic acids is 2. The van der Waals surface area contributed by atoms with Gasteiger partial charge in [-0.15, -0.1) is 11.3 Å². The largest absolute Gasteiger partial charge is 0.490 e. The molecular formula is C23H31NO6S. The molecule has 1 amide bonds. The van der Waals surface area contributed by atoms with E-state index in [0.29, 0.717) is 59.6 Å². The average Bonchev–Trinajstić information content (AvgIpc) is 3.05. The smallest absolute Gasteiger partial charge is 0.341 e. The minimum absolute atomic E-state index is 0.262. The van der Waals surface area contributed by atoms with Crippen molar-refractivity contribution < 1.29 is 28.5 Å². The highest BCUT2D eigenvalue weighted by molar-refractivity contribution is 7.16. The van der Waals surface area contributed by atoms with E-state index >= 15 is 0 Å². The summed E-state index contributed by atoms with van der Waals surface area (Å²) in [6, 6.07) is 3.25. The normalized spacial score (nSPS) is 10.5. The molecule has 0 bridgehead atoms. The van der Waals surface area contributed by atoms with Crippen LogP contribution in [0.2, 0.25) is 0 Å². The maximum absolute atomic E-state index is 13.1. The van der Waals surface area contributed by atoms with Gasteiger partial charge in [0.05, 0.1) is 32.0 Å². The fourth-order valence-corrected chi connectivity index (χ4v) is 4.33. The summed E-state index contributed by atoms with van der Waals surface area (Å²) in [4.78, 5) is 26.6. The standard InChI is InChI=1S/C23H31NO6S/c1-7-16-14(6)31-22(19(16)23(26)30-11-5)24-21(25)15-12-17(27-8-2)20(29-10-4)18(13-15)28-9-3/h12-13H,7-11H2,1-6H3,(H,24,25). The lowest BCUT2D eigenvalue weighted by molar-refractivity contribution is 0.0527. The second-order valence-electron chi connectivity index (χ2n) is 6.47. The number of ether oxygens (including phenoxy) is 4. The van der Waals surface area contributed by atoms with E-state index in [9.17, 15) is 9.59 Å². The number of esters is 1. The first-order valence-corrected chi connectivity index (χ1v) is 11.4. The van der Waals surface area contributed by atoms with Gasteiger partial charge in [-0.3, -0.25) is 4.79 Å². The molecule has 8 heteroatoms. The number of carbonyl (C=O) groups is 2. The van der Waals surface area contributed by atoms with Gasteiger partial charge in [0, 0.05) is 10.4 Å². The van der Waals surface area contributed by atoms with Crippen molar-refractivity contribution >= 4 is 28.2 Å². The zero-order valence-corrected chi connectivity index (χ0v) is 19.9. The molecule has 0 fully saturated rings. The minimum Gasteiger partial charge on any atom is -0.490 e. The Morgan fingerprint density at radius 1 is 0.903 bits per heavy atom. The first kappa shape index (κ1) is 24.5. The first-order valence-electron chi connectivity index (χ1n) is 10.6. The number of hydrogen-bond acceptors (Lipinski definition) is 7. The topological polar surface area (TPSA) is 83.1 Å². The molecule has 1 heterocycles. The van der Waals surface area contributed by atoms with E-state index in [-0.39, 0.29) is 12.5 Å². The molecule has 0 atom stereocenters. The molecule has 0 unspecified atom stereocenters. The zero-order valence-electron chi connectivity index (χ0n) is 19.0. The van der Waals surface area contributed by atoms with E-state index in [1.54, 1.807) is 19.1 Å². The Morgan fingerprint density at radius 3 is 1.97 bits per heavy atom. The molecule has 2 aromatic rings. The Balaban J connectivity index is 2.47. The number of aryl methyl sites for hydroxylation is 1. The molecule has 7 nitrogen and oxygen atoms in total. The van der Waals surface area contributed by atoms with Gasteiger partial charge in [-0.2, -0.15) is 0 Å². The molecule has 0 radical (unpaired) electrons. The summed E-state index contributed by atoms with van der Waals surface area (Å²) in [5.41, 5.74) is 1.64. The summed E-state index contributed by atoms with van der Waals surface area (Å²) in [5, 5.41) is 3.35. The molecule has 0 aliphatic rings. The summed E-state index contributed by atoms with van der Waals surface area (Å²) in [7, 11) is 0. The van der Waals surface area contributed by atoms with Gasteiger partial charge in [0.1, 0.15) is 5.00 Å². The maximum atomic E-state index is 13.1. The predicted octanol–water partition coefficient (Wildman–Crippen LogP) is 5.24. The molecule has 0 saturated heterocycles. The van der Waals surface area contributed by atoms with E-state index in [2.05, 4.69) is 5.32 Å². The third-order valence-electron chi connectivity index (χ3n) is 4.44. The van der Waals surface area contributed by atoms with Crippen LogP contribution in [-0.4, -0.2) is 38.3 Å². The molecular weight excluding hydrogens is 418 g/mol. The van der Waals surface area contributed by atoms with Crippen molar-refractivity contribution in [2.24, 2.45) is 0 Å². The summed E-state index contributed by atoms with van der Waals surface area (Å²) in [5.74, 6) is 0.524. The Hall–Kier alpha value is -2.74. The third-order valence-corrected chi connectivity index (χ3v) is 5.50. The lowest BCUT2D eigenvalue weighted by Gasteiger charge is -2.17. The van der Waals surface area contributed by atoms with E-state index < -0.39 is 5.97 Å². The highest BCUT2D eigenvalue weighted by Crippen LogP contribution is 2.40. The van der Waals surface area contributed by atoms with Crippen LogP contribution in [-0.2, 0) is 11.2 Å². The monoisotopic (exact) mass is 449 g/mol. The van der Waals surface area contributed by atoms with Crippen molar-refractivity contribution in [1.29, 1.82) is 0 Å². The summed E-state index contributed by atoms with van der Waals surface area (Å²) < 4.78 is 22.3. The quantitative estimate of drug-likeness (QED) is 0.472. The van der Waals surface area contributed by atoms with Crippen LogP contribution < -0.4 is 19.5 Å². The Morgan fingerprint density at radius 2 is 1.48 bits per heavy atom. The van der Waals surface area contributed by atoms with Crippen molar-refractivity contribution in [3.05, 3.63) is 33.7 Å². The van der Waals surface area contributed by atoms with Gasteiger partial charge >= 0.3 is 5.97 Å². The number of benzene rings is 1. The molecule has 0 saturated carbocycles. The molecule has 170 valence electrons. The van der Waals surface area contributed by atoms with Crippen LogP contribution in [0, 0.1) is 6.92 Å². The van der Waals surface area contributed by atoms with Crippen LogP contribution in [0.3, 0.4) is 0 Å². The molecule has 1 aromatic heterocycles. The Bertz CT molecular complexity index is 894. The van der Waals surface area contributed by atoms with E-state index in [1.165, 1.54) is 11.3 Å². The molecule has 0 aliphatic carbocycles. The van der Waals surface area contributed by atoms with Crippen molar-refractivity contribution in [1.82, 2.24) is 0 Å². The third kappa shape index (κ3) is 5.70. The number of anilines is 1. The van der Waals surface area contributed by atoms with Crippen molar-refractivity contribution in [3.63, 3.8) is 0 Å². The number of amides is 1. The lowest BCUT2D eigenvalue weighted by Crippen LogP contribution is -2.16. The van der Waals surface area contributed by atoms with E-state index in [1.807, 2.05) is 34.6 Å². The predicted molar refractivity (Wildman–Crippen MR) is 122 cm³/mol. The maximum Gasteiger partial charge on any atom is 0.341 e. The first-order chi connectivity index (χ1) is 14.9. The molecule has 0 spiro atoms. The minimum atomic E-state index is -0.435. The fraction of sp³-hybridized carbons (Fsp3) is 0.478. The number of nitrogens with one attached hydrogen (secondary N) is 1. The molecule has 2 rings (SSSR count). The second kappa shape index (κ2) is 11.6. The van der Waals surface area contributed by atoms with Gasteiger partial charge < -0.3 is 24.3 Å². The molecule has 1 N–H and O–H groups in total. The van der Waals surface area contributed by atoms with Gasteiger partial charge in [0.15, 0.2) is 11.5 Å². The van der Waals surface area contributed by atoms with Crippen LogP contribution in [0.1, 0.15) is 65.8 Å². The van der Waals surface area contributed by atoms with Crippen LogP contribution in [0.25, 0.3) is 0 Å². The highest BCUT2D eigenvalue weighted by atomic mass is 32.1.